The number of hydrogen-bond acceptors (Lipinski definition) is 3. The maximum atomic E-state index is 12.3. The topological polar surface area (TPSA) is 46.9 Å². The monoisotopic (exact) mass is 275 g/mol. The number of rotatable bonds is 2. The SMILES string of the molecule is CC1CCc2c(C(=O)Nc3ccn(C)n3)csc2C1. The van der Waals surface area contributed by atoms with Crippen LogP contribution in [0.1, 0.15) is 34.1 Å². The molecule has 1 aliphatic rings. The number of amides is 1. The van der Waals surface area contributed by atoms with Crippen LogP contribution in [0, 0.1) is 5.92 Å². The number of fused-ring (bicyclic) bond motifs is 1. The van der Waals surface area contributed by atoms with Crippen molar-refractivity contribution in [1.29, 1.82) is 0 Å². The first-order valence-electron chi connectivity index (χ1n) is 6.53. The molecule has 0 saturated carbocycles. The van der Waals surface area contributed by atoms with Gasteiger partial charge in [-0.15, -0.1) is 11.3 Å². The summed E-state index contributed by atoms with van der Waals surface area (Å²) in [4.78, 5) is 13.7. The zero-order valence-corrected chi connectivity index (χ0v) is 12.0. The van der Waals surface area contributed by atoms with Crippen LogP contribution < -0.4 is 5.32 Å². The van der Waals surface area contributed by atoms with Gasteiger partial charge in [0.1, 0.15) is 0 Å². The zero-order chi connectivity index (χ0) is 13.4. The number of aryl methyl sites for hydroxylation is 1. The van der Waals surface area contributed by atoms with Crippen LogP contribution in [-0.4, -0.2) is 15.7 Å². The lowest BCUT2D eigenvalue weighted by Gasteiger charge is -2.18. The molecule has 0 aromatic carbocycles. The molecule has 1 atom stereocenters. The average molecular weight is 275 g/mol. The Morgan fingerprint density at radius 1 is 1.58 bits per heavy atom. The molecule has 0 saturated heterocycles. The number of carbonyl (C=O) groups excluding carboxylic acids is 1. The zero-order valence-electron chi connectivity index (χ0n) is 11.1. The molecular weight excluding hydrogens is 258 g/mol. The largest absolute Gasteiger partial charge is 0.305 e. The van der Waals surface area contributed by atoms with Crippen molar-refractivity contribution in [3.8, 4) is 0 Å². The van der Waals surface area contributed by atoms with E-state index >= 15 is 0 Å². The summed E-state index contributed by atoms with van der Waals surface area (Å²) in [5, 5.41) is 9.02. The molecule has 3 rings (SSSR count). The van der Waals surface area contributed by atoms with Crippen molar-refractivity contribution in [3.05, 3.63) is 33.6 Å². The molecule has 1 aliphatic carbocycles. The number of anilines is 1. The molecule has 2 heterocycles. The highest BCUT2D eigenvalue weighted by Gasteiger charge is 2.23. The number of nitrogens with one attached hydrogen (secondary N) is 1. The number of hydrogen-bond donors (Lipinski definition) is 1. The highest BCUT2D eigenvalue weighted by atomic mass is 32.1. The fourth-order valence-electron chi connectivity index (χ4n) is 2.53. The Bertz CT molecular complexity index is 614. The molecule has 0 fully saturated rings. The molecule has 0 spiro atoms. The maximum absolute atomic E-state index is 12.3. The van der Waals surface area contributed by atoms with E-state index in [1.54, 1.807) is 22.1 Å². The van der Waals surface area contributed by atoms with Gasteiger partial charge in [0.05, 0.1) is 5.56 Å². The Kier molecular flexibility index (Phi) is 3.14. The summed E-state index contributed by atoms with van der Waals surface area (Å²) in [5.74, 6) is 1.31. The Morgan fingerprint density at radius 3 is 3.16 bits per heavy atom. The van der Waals surface area contributed by atoms with E-state index in [-0.39, 0.29) is 5.91 Å². The van der Waals surface area contributed by atoms with Crippen LogP contribution in [0.4, 0.5) is 5.82 Å². The molecule has 2 aromatic rings. The molecule has 1 N–H and O–H groups in total. The van der Waals surface area contributed by atoms with Gasteiger partial charge in [-0.1, -0.05) is 6.92 Å². The first-order chi connectivity index (χ1) is 9.13. The van der Waals surface area contributed by atoms with Crippen molar-refractivity contribution in [2.75, 3.05) is 5.32 Å². The van der Waals surface area contributed by atoms with Gasteiger partial charge < -0.3 is 5.32 Å². The Hall–Kier alpha value is -1.62. The normalized spacial score (nSPS) is 18.1. The Balaban J connectivity index is 1.81. The van der Waals surface area contributed by atoms with Gasteiger partial charge in [-0.25, -0.2) is 0 Å². The highest BCUT2D eigenvalue weighted by Crippen LogP contribution is 2.33. The van der Waals surface area contributed by atoms with Gasteiger partial charge in [0.2, 0.25) is 0 Å². The van der Waals surface area contributed by atoms with Gasteiger partial charge in [-0.2, -0.15) is 5.10 Å². The molecule has 19 heavy (non-hydrogen) atoms. The van der Waals surface area contributed by atoms with E-state index in [1.165, 1.54) is 16.9 Å². The van der Waals surface area contributed by atoms with Crippen LogP contribution in [0.5, 0.6) is 0 Å². The molecule has 0 radical (unpaired) electrons. The summed E-state index contributed by atoms with van der Waals surface area (Å²) >= 11 is 1.71. The van der Waals surface area contributed by atoms with E-state index in [2.05, 4.69) is 17.3 Å². The summed E-state index contributed by atoms with van der Waals surface area (Å²) in [6.07, 6.45) is 5.12. The van der Waals surface area contributed by atoms with E-state index in [0.717, 1.165) is 24.3 Å². The van der Waals surface area contributed by atoms with Crippen molar-refractivity contribution in [1.82, 2.24) is 9.78 Å². The smallest absolute Gasteiger partial charge is 0.257 e. The van der Waals surface area contributed by atoms with Crippen LogP contribution >= 0.6 is 11.3 Å². The Labute approximate surface area is 116 Å². The van der Waals surface area contributed by atoms with Gasteiger partial charge >= 0.3 is 0 Å². The standard InChI is InChI=1S/C14H17N3OS/c1-9-3-4-10-11(8-19-12(10)7-9)14(18)15-13-5-6-17(2)16-13/h5-6,8-9H,3-4,7H2,1-2H3,(H,15,16,18). The molecule has 0 bridgehead atoms. The lowest BCUT2D eigenvalue weighted by molar-refractivity contribution is 0.102. The van der Waals surface area contributed by atoms with Crippen LogP contribution in [0.15, 0.2) is 17.6 Å². The minimum absolute atomic E-state index is 0.0363. The van der Waals surface area contributed by atoms with Gasteiger partial charge in [0.25, 0.3) is 5.91 Å². The molecule has 1 amide bonds. The summed E-state index contributed by atoms with van der Waals surface area (Å²) in [7, 11) is 1.84. The summed E-state index contributed by atoms with van der Waals surface area (Å²) in [6, 6.07) is 1.80. The van der Waals surface area contributed by atoms with E-state index in [0.29, 0.717) is 5.82 Å². The van der Waals surface area contributed by atoms with Crippen LogP contribution in [0.25, 0.3) is 0 Å². The van der Waals surface area contributed by atoms with Crippen LogP contribution in [-0.2, 0) is 19.9 Å². The van der Waals surface area contributed by atoms with E-state index in [9.17, 15) is 4.79 Å². The number of aromatic nitrogens is 2. The molecule has 2 aromatic heterocycles. The van der Waals surface area contributed by atoms with Crippen molar-refractivity contribution < 1.29 is 4.79 Å². The predicted octanol–water partition coefficient (Wildman–Crippen LogP) is 2.86. The van der Waals surface area contributed by atoms with Crippen LogP contribution in [0.3, 0.4) is 0 Å². The van der Waals surface area contributed by atoms with Gasteiger partial charge in [-0.05, 0) is 30.7 Å². The van der Waals surface area contributed by atoms with Crippen molar-refractivity contribution >= 4 is 23.1 Å². The molecule has 5 heteroatoms. The third kappa shape index (κ3) is 2.42. The van der Waals surface area contributed by atoms with Gasteiger partial charge in [-0.3, -0.25) is 9.48 Å². The molecular formula is C14H17N3OS. The number of nitrogens with zero attached hydrogens (tertiary/aromatic N) is 2. The lowest BCUT2D eigenvalue weighted by Crippen LogP contribution is -2.16. The number of carbonyl (C=O) groups is 1. The summed E-state index contributed by atoms with van der Waals surface area (Å²) < 4.78 is 1.68. The van der Waals surface area contributed by atoms with Gasteiger partial charge in [0.15, 0.2) is 5.82 Å². The second-order valence-corrected chi connectivity index (χ2v) is 6.19. The van der Waals surface area contributed by atoms with E-state index < -0.39 is 0 Å². The quantitative estimate of drug-likeness (QED) is 0.916. The number of thiophene rings is 1. The summed E-state index contributed by atoms with van der Waals surface area (Å²) in [5.41, 5.74) is 2.08. The fraction of sp³-hybridized carbons (Fsp3) is 0.429. The third-order valence-corrected chi connectivity index (χ3v) is 4.65. The summed E-state index contributed by atoms with van der Waals surface area (Å²) in [6.45, 7) is 2.27. The van der Waals surface area contributed by atoms with E-state index in [4.69, 9.17) is 0 Å². The molecule has 0 aliphatic heterocycles. The third-order valence-electron chi connectivity index (χ3n) is 3.60. The average Bonchev–Trinajstić information content (AvgIpc) is 2.95. The van der Waals surface area contributed by atoms with Crippen molar-refractivity contribution in [2.24, 2.45) is 13.0 Å². The second kappa shape index (κ2) is 4.81. The molecule has 4 nitrogen and oxygen atoms in total. The van der Waals surface area contributed by atoms with Crippen LogP contribution in [0.2, 0.25) is 0 Å². The Morgan fingerprint density at radius 2 is 2.42 bits per heavy atom. The minimum Gasteiger partial charge on any atom is -0.305 e. The second-order valence-electron chi connectivity index (χ2n) is 5.23. The maximum Gasteiger partial charge on any atom is 0.257 e. The first kappa shape index (κ1) is 12.4. The predicted molar refractivity (Wildman–Crippen MR) is 76.7 cm³/mol. The molecule has 100 valence electrons. The first-order valence-corrected chi connectivity index (χ1v) is 7.41. The van der Waals surface area contributed by atoms with Crippen molar-refractivity contribution in [3.63, 3.8) is 0 Å². The van der Waals surface area contributed by atoms with E-state index in [1.807, 2.05) is 18.6 Å². The molecule has 1 unspecified atom stereocenters. The lowest BCUT2D eigenvalue weighted by atomic mass is 9.88. The van der Waals surface area contributed by atoms with Crippen molar-refractivity contribution in [2.45, 2.75) is 26.2 Å². The fourth-order valence-corrected chi connectivity index (χ4v) is 3.78. The van der Waals surface area contributed by atoms with Gasteiger partial charge in [0, 0.05) is 29.6 Å². The minimum atomic E-state index is -0.0363. The highest BCUT2D eigenvalue weighted by molar-refractivity contribution is 7.10.